The number of methoxy groups -OCH3 is 1. The predicted octanol–water partition coefficient (Wildman–Crippen LogP) is 4.70. The first-order valence-corrected chi connectivity index (χ1v) is 21.0. The molecule has 2 aliphatic carbocycles. The second-order valence-electron chi connectivity index (χ2n) is 16.0. The van der Waals surface area contributed by atoms with Crippen LogP contribution in [0.15, 0.2) is 109 Å². The summed E-state index contributed by atoms with van der Waals surface area (Å²) in [4.78, 5) is 47.7. The van der Waals surface area contributed by atoms with Gasteiger partial charge in [-0.1, -0.05) is 72.8 Å². The van der Waals surface area contributed by atoms with Crippen molar-refractivity contribution in [1.29, 1.82) is 0 Å². The second-order valence-corrected chi connectivity index (χ2v) is 16.0. The van der Waals surface area contributed by atoms with E-state index in [1.54, 1.807) is 12.1 Å². The maximum atomic E-state index is 12.4. The standard InChI is InChI=1S/C26H24N2O4.C25H22N2O4.Na.H2O/c1-31-22(29)15-32-21-13-17-9-5-10-18(17)25-24(21)23-19(26(27)30)11-6-12-20(23)28(25)14-16-7-3-2-4-8-16;26-25(30)18-10-5-11-19-22(18)23-20(31-14-21(28)29)12-16-8-4-9-17(16)24(23)27(19)13-15-6-2-1-3-7-15;;/h2-4,6-8,11-13H,5,9-10,14-15H2,1H3,(H2,27,30);1-3,5-7,10-12H,4,8-9,13-14H2,(H2,26,30)(H,28,29);;1H2/q;;+1;/p-1. The number of amides is 2. The third-order valence-corrected chi connectivity index (χ3v) is 12.2. The summed E-state index contributed by atoms with van der Waals surface area (Å²) in [5.41, 5.74) is 23.4. The molecule has 2 heterocycles. The molecule has 326 valence electrons. The molecule has 6 N–H and O–H groups in total. The number of nitrogens with two attached hydrogens (primary N) is 2. The Morgan fingerprint density at radius 3 is 1.42 bits per heavy atom. The molecule has 0 aliphatic heterocycles. The molecule has 0 saturated heterocycles. The van der Waals surface area contributed by atoms with E-state index in [0.717, 1.165) is 93.3 Å². The van der Waals surface area contributed by atoms with Crippen LogP contribution in [-0.4, -0.2) is 63.8 Å². The van der Waals surface area contributed by atoms with Crippen molar-refractivity contribution < 1.29 is 73.5 Å². The fraction of sp³-hybridized carbons (Fsp3) is 0.216. The molecule has 0 bridgehead atoms. The van der Waals surface area contributed by atoms with Crippen LogP contribution in [0.2, 0.25) is 0 Å². The van der Waals surface area contributed by atoms with Crippen LogP contribution in [0.5, 0.6) is 11.5 Å². The van der Waals surface area contributed by atoms with E-state index in [0.29, 0.717) is 35.7 Å². The summed E-state index contributed by atoms with van der Waals surface area (Å²) in [7, 11) is 1.33. The van der Waals surface area contributed by atoms with E-state index in [2.05, 4.69) is 33.4 Å². The van der Waals surface area contributed by atoms with E-state index in [9.17, 15) is 24.3 Å². The molecule has 8 aromatic rings. The summed E-state index contributed by atoms with van der Waals surface area (Å²) in [6.45, 7) is 0.625. The monoisotopic (exact) mass is 882 g/mol. The van der Waals surface area contributed by atoms with Crippen LogP contribution in [0.3, 0.4) is 0 Å². The minimum Gasteiger partial charge on any atom is -0.870 e. The van der Waals surface area contributed by atoms with Gasteiger partial charge in [-0.05, 0) is 108 Å². The average molecular weight is 883 g/mol. The first-order chi connectivity index (χ1) is 30.6. The zero-order chi connectivity index (χ0) is 43.8. The van der Waals surface area contributed by atoms with Crippen molar-refractivity contribution in [2.75, 3.05) is 20.3 Å². The summed E-state index contributed by atoms with van der Waals surface area (Å²) < 4.78 is 20.9. The topological polar surface area (TPSA) is 208 Å². The van der Waals surface area contributed by atoms with Crippen LogP contribution in [-0.2, 0) is 53.1 Å². The summed E-state index contributed by atoms with van der Waals surface area (Å²) >= 11 is 0. The van der Waals surface area contributed by atoms with Gasteiger partial charge in [0.15, 0.2) is 13.2 Å². The Morgan fingerprint density at radius 2 is 1.02 bits per heavy atom. The number of nitrogens with zero attached hydrogens (tertiary/aromatic N) is 2. The maximum absolute atomic E-state index is 12.4. The van der Waals surface area contributed by atoms with E-state index in [-0.39, 0.29) is 41.6 Å². The van der Waals surface area contributed by atoms with E-state index >= 15 is 0 Å². The third-order valence-electron chi connectivity index (χ3n) is 12.2. The van der Waals surface area contributed by atoms with E-state index in [1.165, 1.54) is 29.4 Å². The Morgan fingerprint density at radius 1 is 0.585 bits per heavy atom. The summed E-state index contributed by atoms with van der Waals surface area (Å²) in [6, 6.07) is 35.4. The third kappa shape index (κ3) is 8.80. The van der Waals surface area contributed by atoms with E-state index < -0.39 is 30.4 Å². The number of aromatic nitrogens is 2. The van der Waals surface area contributed by atoms with Gasteiger partial charge in [-0.15, -0.1) is 0 Å². The molecule has 0 unspecified atom stereocenters. The number of primary amides is 2. The number of rotatable bonds is 12. The van der Waals surface area contributed by atoms with Crippen LogP contribution in [0.4, 0.5) is 0 Å². The molecule has 10 rings (SSSR count). The van der Waals surface area contributed by atoms with Crippen molar-refractivity contribution in [2.45, 2.75) is 51.6 Å². The Labute approximate surface area is 396 Å². The number of esters is 1. The van der Waals surface area contributed by atoms with E-state index in [4.69, 9.17) is 25.7 Å². The number of carbonyl (C=O) groups excluding carboxylic acids is 3. The summed E-state index contributed by atoms with van der Waals surface area (Å²) in [5, 5.41) is 12.3. The van der Waals surface area contributed by atoms with Gasteiger partial charge < -0.3 is 45.4 Å². The maximum Gasteiger partial charge on any atom is 1.00 e. The molecule has 0 fully saturated rings. The minimum absolute atomic E-state index is 0. The fourth-order valence-electron chi connectivity index (χ4n) is 9.60. The van der Waals surface area contributed by atoms with Crippen LogP contribution in [0.1, 0.15) is 66.9 Å². The van der Waals surface area contributed by atoms with Gasteiger partial charge in [-0.25, -0.2) is 9.59 Å². The first kappa shape index (κ1) is 46.4. The molecule has 0 saturated carbocycles. The normalized spacial score (nSPS) is 12.4. The molecule has 2 aliphatic rings. The molecule has 65 heavy (non-hydrogen) atoms. The Balaban J connectivity index is 0.000000188. The molecule has 13 nitrogen and oxygen atoms in total. The Kier molecular flexibility index (Phi) is 14.0. The fourth-order valence-corrected chi connectivity index (χ4v) is 9.60. The van der Waals surface area contributed by atoms with E-state index in [1.807, 2.05) is 72.8 Å². The van der Waals surface area contributed by atoms with Crippen molar-refractivity contribution in [3.63, 3.8) is 0 Å². The number of carbonyl (C=O) groups is 4. The summed E-state index contributed by atoms with van der Waals surface area (Å²) in [5.74, 6) is -1.44. The van der Waals surface area contributed by atoms with Crippen molar-refractivity contribution in [2.24, 2.45) is 11.5 Å². The largest absolute Gasteiger partial charge is 1.00 e. The SMILES string of the molecule is COC(=O)COc1cc2c(c3c1c1c(C(N)=O)cccc1n3Cc1ccccc1)CCC2.NC(=O)c1cccc2c1c1c(OCC(=O)O)cc3c(c1n2Cc1ccccc1)CCC3.[Na+].[OH-]. The van der Waals surface area contributed by atoms with Gasteiger partial charge in [-0.3, -0.25) is 9.59 Å². The molecule has 0 radical (unpaired) electrons. The van der Waals surface area contributed by atoms with Gasteiger partial charge >= 0.3 is 41.5 Å². The quantitative estimate of drug-likeness (QED) is 0.115. The molecule has 14 heteroatoms. The molecule has 2 amide bonds. The Hall–Kier alpha value is -6.64. The zero-order valence-electron chi connectivity index (χ0n) is 36.3. The molecule has 0 spiro atoms. The van der Waals surface area contributed by atoms with Crippen LogP contribution < -0.4 is 50.5 Å². The number of aryl methyl sites for hydroxylation is 4. The van der Waals surface area contributed by atoms with Crippen LogP contribution >= 0.6 is 0 Å². The number of carboxylic acids is 1. The number of ether oxygens (including phenoxy) is 3. The van der Waals surface area contributed by atoms with Gasteiger partial charge in [-0.2, -0.15) is 0 Å². The average Bonchev–Trinajstić information content (AvgIpc) is 4.10. The van der Waals surface area contributed by atoms with Gasteiger partial charge in [0.1, 0.15) is 11.5 Å². The number of hydrogen-bond acceptors (Lipinski definition) is 8. The van der Waals surface area contributed by atoms with Crippen molar-refractivity contribution in [3.05, 3.63) is 154 Å². The van der Waals surface area contributed by atoms with Crippen molar-refractivity contribution in [3.8, 4) is 11.5 Å². The summed E-state index contributed by atoms with van der Waals surface area (Å²) in [6.07, 6.45) is 5.85. The number of benzene rings is 6. The molecule has 6 aromatic carbocycles. The molecule has 2 aromatic heterocycles. The van der Waals surface area contributed by atoms with Gasteiger partial charge in [0.05, 0.1) is 39.9 Å². The van der Waals surface area contributed by atoms with Crippen LogP contribution in [0.25, 0.3) is 43.6 Å². The molecular weight excluding hydrogens is 836 g/mol. The minimum atomic E-state index is -1.04. The predicted molar refractivity (Wildman–Crippen MR) is 244 cm³/mol. The number of carboxylic acid groups (broad SMARTS) is 1. The zero-order valence-corrected chi connectivity index (χ0v) is 38.3. The number of hydrogen-bond donors (Lipinski definition) is 3. The van der Waals surface area contributed by atoms with Gasteiger partial charge in [0.2, 0.25) is 11.8 Å². The van der Waals surface area contributed by atoms with Crippen molar-refractivity contribution in [1.82, 2.24) is 9.13 Å². The smallest absolute Gasteiger partial charge is 0.870 e. The molecule has 0 atom stereocenters. The van der Waals surface area contributed by atoms with Gasteiger partial charge in [0.25, 0.3) is 0 Å². The first-order valence-electron chi connectivity index (χ1n) is 21.0. The van der Waals surface area contributed by atoms with Gasteiger partial charge in [0, 0.05) is 35.0 Å². The molecular formula is C51H47N4NaO9. The number of aliphatic carboxylic acids is 1. The van der Waals surface area contributed by atoms with Crippen molar-refractivity contribution >= 4 is 67.4 Å². The van der Waals surface area contributed by atoms with Crippen LogP contribution in [0, 0.1) is 0 Å². The second kappa shape index (κ2) is 19.6. The Bertz CT molecular complexity index is 3120. The number of fused-ring (bicyclic) bond motifs is 10.